The van der Waals surface area contributed by atoms with Crippen molar-refractivity contribution >= 4 is 32.5 Å². The van der Waals surface area contributed by atoms with Gasteiger partial charge in [-0.15, -0.1) is 0 Å². The zero-order valence-corrected chi connectivity index (χ0v) is 20.4. The number of aryl methyl sites for hydroxylation is 3. The first-order valence-electron chi connectivity index (χ1n) is 11.4. The molecule has 1 aliphatic carbocycles. The summed E-state index contributed by atoms with van der Waals surface area (Å²) in [7, 11) is -0.878. The van der Waals surface area contributed by atoms with Gasteiger partial charge in [-0.25, -0.2) is 8.42 Å². The standard InChI is InChI=1S/C25H29N3O5S/c1-16-9-11-17(12-10-16)13-23(29)26-19-14-20-21(28(3)25(31)24(30)27(20)2)15-22(19)34(32,33)18-7-5-4-6-8-18/h9-12,14-15,18H,4-8,13H2,1-3H3,(H,26,29). The minimum atomic E-state index is -3.78. The van der Waals surface area contributed by atoms with Gasteiger partial charge in [0.25, 0.3) is 0 Å². The number of carbonyl (C=O) groups excluding carboxylic acids is 1. The van der Waals surface area contributed by atoms with Gasteiger partial charge in [-0.05, 0) is 37.5 Å². The lowest BCUT2D eigenvalue weighted by Crippen LogP contribution is -2.39. The molecule has 0 unspecified atom stereocenters. The number of sulfone groups is 1. The third-order valence-corrected chi connectivity index (χ3v) is 8.95. The summed E-state index contributed by atoms with van der Waals surface area (Å²) in [5, 5.41) is 2.23. The van der Waals surface area contributed by atoms with Crippen molar-refractivity contribution in [3.05, 3.63) is 68.2 Å². The van der Waals surface area contributed by atoms with E-state index in [1.165, 1.54) is 30.8 Å². The number of benzene rings is 2. The van der Waals surface area contributed by atoms with Crippen molar-refractivity contribution in [1.82, 2.24) is 9.13 Å². The molecule has 2 aromatic carbocycles. The van der Waals surface area contributed by atoms with E-state index in [1.807, 2.05) is 31.2 Å². The van der Waals surface area contributed by atoms with Crippen molar-refractivity contribution in [2.75, 3.05) is 5.32 Å². The van der Waals surface area contributed by atoms with Crippen molar-refractivity contribution in [2.45, 2.75) is 55.6 Å². The van der Waals surface area contributed by atoms with Crippen molar-refractivity contribution in [1.29, 1.82) is 0 Å². The van der Waals surface area contributed by atoms with Crippen molar-refractivity contribution < 1.29 is 13.2 Å². The van der Waals surface area contributed by atoms with Gasteiger partial charge in [-0.3, -0.25) is 14.4 Å². The number of amides is 1. The Labute approximate surface area is 198 Å². The van der Waals surface area contributed by atoms with Crippen LogP contribution in [0.3, 0.4) is 0 Å². The average molecular weight is 484 g/mol. The van der Waals surface area contributed by atoms with Crippen LogP contribution in [-0.4, -0.2) is 28.7 Å². The molecule has 8 nitrogen and oxygen atoms in total. The molecule has 0 radical (unpaired) electrons. The number of carbonyl (C=O) groups is 1. The van der Waals surface area contributed by atoms with Gasteiger partial charge in [-0.1, -0.05) is 49.1 Å². The molecule has 180 valence electrons. The van der Waals surface area contributed by atoms with Crippen LogP contribution in [0.25, 0.3) is 11.0 Å². The lowest BCUT2D eigenvalue weighted by atomic mass is 10.0. The highest BCUT2D eigenvalue weighted by Gasteiger charge is 2.32. The van der Waals surface area contributed by atoms with E-state index in [9.17, 15) is 22.8 Å². The predicted molar refractivity (Wildman–Crippen MR) is 132 cm³/mol. The van der Waals surface area contributed by atoms with Crippen LogP contribution in [0, 0.1) is 6.92 Å². The molecule has 0 aliphatic heterocycles. The van der Waals surface area contributed by atoms with Crippen LogP contribution in [0.4, 0.5) is 5.69 Å². The highest BCUT2D eigenvalue weighted by molar-refractivity contribution is 7.92. The highest BCUT2D eigenvalue weighted by Crippen LogP contribution is 2.34. The molecule has 1 aromatic heterocycles. The van der Waals surface area contributed by atoms with E-state index in [0.717, 1.165) is 35.0 Å². The lowest BCUT2D eigenvalue weighted by Gasteiger charge is -2.24. The van der Waals surface area contributed by atoms with Crippen LogP contribution in [-0.2, 0) is 35.1 Å². The number of rotatable bonds is 5. The predicted octanol–water partition coefficient (Wildman–Crippen LogP) is 2.83. The van der Waals surface area contributed by atoms with Crippen LogP contribution in [0.15, 0.2) is 50.9 Å². The van der Waals surface area contributed by atoms with E-state index in [1.54, 1.807) is 0 Å². The number of hydrogen-bond donors (Lipinski definition) is 1. The summed E-state index contributed by atoms with van der Waals surface area (Å²) >= 11 is 0. The Morgan fingerprint density at radius 3 is 2.09 bits per heavy atom. The molecule has 9 heteroatoms. The molecule has 0 saturated heterocycles. The molecule has 3 aromatic rings. The maximum atomic E-state index is 13.7. The van der Waals surface area contributed by atoms with E-state index < -0.39 is 26.2 Å². The SMILES string of the molecule is Cc1ccc(CC(=O)Nc2cc3c(cc2S(=O)(=O)C2CCCCC2)n(C)c(=O)c(=O)n3C)cc1. The van der Waals surface area contributed by atoms with Crippen molar-refractivity contribution in [3.63, 3.8) is 0 Å². The summed E-state index contributed by atoms with van der Waals surface area (Å²) in [6.45, 7) is 1.96. The van der Waals surface area contributed by atoms with E-state index in [2.05, 4.69) is 5.32 Å². The monoisotopic (exact) mass is 483 g/mol. The van der Waals surface area contributed by atoms with E-state index >= 15 is 0 Å². The number of anilines is 1. The van der Waals surface area contributed by atoms with Crippen molar-refractivity contribution in [3.8, 4) is 0 Å². The summed E-state index contributed by atoms with van der Waals surface area (Å²) in [5.41, 5.74) is 1.21. The number of nitrogens with zero attached hydrogens (tertiary/aromatic N) is 2. The van der Waals surface area contributed by atoms with Gasteiger partial charge in [0.1, 0.15) is 0 Å². The highest BCUT2D eigenvalue weighted by atomic mass is 32.2. The number of hydrogen-bond acceptors (Lipinski definition) is 5. The topological polar surface area (TPSA) is 107 Å². The molecule has 1 saturated carbocycles. The van der Waals surface area contributed by atoms with E-state index in [4.69, 9.17) is 0 Å². The zero-order chi connectivity index (χ0) is 24.6. The maximum Gasteiger partial charge on any atom is 0.316 e. The molecule has 1 aliphatic rings. The quantitative estimate of drug-likeness (QED) is 0.562. The van der Waals surface area contributed by atoms with Crippen molar-refractivity contribution in [2.24, 2.45) is 14.1 Å². The Kier molecular flexibility index (Phi) is 6.49. The third-order valence-electron chi connectivity index (χ3n) is 6.65. The fraction of sp³-hybridized carbons (Fsp3) is 0.400. The fourth-order valence-electron chi connectivity index (χ4n) is 4.57. The second-order valence-corrected chi connectivity index (χ2v) is 11.3. The number of nitrogens with one attached hydrogen (secondary N) is 1. The van der Waals surface area contributed by atoms with Gasteiger partial charge in [0.2, 0.25) is 5.91 Å². The summed E-state index contributed by atoms with van der Waals surface area (Å²) in [4.78, 5) is 37.6. The Morgan fingerprint density at radius 2 is 1.50 bits per heavy atom. The largest absolute Gasteiger partial charge is 0.325 e. The Hall–Kier alpha value is -3.20. The minimum absolute atomic E-state index is 0.0159. The Balaban J connectivity index is 1.84. The molecular formula is C25H29N3O5S. The van der Waals surface area contributed by atoms with Crippen LogP contribution in [0.2, 0.25) is 0 Å². The molecule has 0 bridgehead atoms. The van der Waals surface area contributed by atoms with Gasteiger partial charge in [0.15, 0.2) is 9.84 Å². The number of aromatic nitrogens is 2. The molecule has 1 N–H and O–H groups in total. The molecule has 1 heterocycles. The normalized spacial score (nSPS) is 14.9. The van der Waals surface area contributed by atoms with Crippen LogP contribution >= 0.6 is 0 Å². The van der Waals surface area contributed by atoms with Gasteiger partial charge < -0.3 is 14.5 Å². The third kappa shape index (κ3) is 4.44. The summed E-state index contributed by atoms with van der Waals surface area (Å²) in [5.74, 6) is -0.363. The second kappa shape index (κ2) is 9.21. The summed E-state index contributed by atoms with van der Waals surface area (Å²) in [6, 6.07) is 10.4. The first kappa shape index (κ1) is 23.9. The lowest BCUT2D eigenvalue weighted by molar-refractivity contribution is -0.115. The van der Waals surface area contributed by atoms with Gasteiger partial charge in [-0.2, -0.15) is 0 Å². The summed E-state index contributed by atoms with van der Waals surface area (Å²) in [6.07, 6.45) is 3.86. The van der Waals surface area contributed by atoms with Gasteiger partial charge >= 0.3 is 11.1 Å². The maximum absolute atomic E-state index is 13.7. The molecule has 0 spiro atoms. The second-order valence-electron chi connectivity index (χ2n) is 9.08. The molecule has 1 amide bonds. The van der Waals surface area contributed by atoms with Crippen LogP contribution in [0.1, 0.15) is 43.2 Å². The minimum Gasteiger partial charge on any atom is -0.325 e. The first-order valence-corrected chi connectivity index (χ1v) is 13.0. The average Bonchev–Trinajstić information content (AvgIpc) is 2.83. The Morgan fingerprint density at radius 1 is 0.941 bits per heavy atom. The molecule has 0 atom stereocenters. The van der Waals surface area contributed by atoms with Crippen LogP contribution in [0.5, 0.6) is 0 Å². The molecule has 4 rings (SSSR count). The van der Waals surface area contributed by atoms with E-state index in [0.29, 0.717) is 23.9 Å². The smallest absolute Gasteiger partial charge is 0.316 e. The number of fused-ring (bicyclic) bond motifs is 1. The molecule has 1 fully saturated rings. The van der Waals surface area contributed by atoms with Gasteiger partial charge in [0, 0.05) is 14.1 Å². The molecular weight excluding hydrogens is 454 g/mol. The fourth-order valence-corrected chi connectivity index (χ4v) is 6.58. The van der Waals surface area contributed by atoms with E-state index in [-0.39, 0.29) is 22.9 Å². The molecule has 34 heavy (non-hydrogen) atoms. The summed E-state index contributed by atoms with van der Waals surface area (Å²) < 4.78 is 29.7. The first-order chi connectivity index (χ1) is 16.1. The van der Waals surface area contributed by atoms with Gasteiger partial charge in [0.05, 0.1) is 33.3 Å². The Bertz CT molecular complexity index is 1480. The zero-order valence-electron chi connectivity index (χ0n) is 19.6. The van der Waals surface area contributed by atoms with Crippen LogP contribution < -0.4 is 16.4 Å².